The minimum Gasteiger partial charge on any atom is -0.368 e. The minimum atomic E-state index is -0.523. The largest absolute Gasteiger partial charge is 0.368 e. The zero-order valence-corrected chi connectivity index (χ0v) is 12.3. The van der Waals surface area contributed by atoms with Gasteiger partial charge in [0.2, 0.25) is 11.8 Å². The summed E-state index contributed by atoms with van der Waals surface area (Å²) in [5.41, 5.74) is 5.31. The molecule has 3 N–H and O–H groups in total. The molecule has 1 atom stereocenters. The van der Waals surface area contributed by atoms with Gasteiger partial charge in [-0.05, 0) is 25.2 Å². The van der Waals surface area contributed by atoms with Gasteiger partial charge in [0.05, 0.1) is 0 Å². The Labute approximate surface area is 116 Å². The highest BCUT2D eigenvalue weighted by Crippen LogP contribution is 2.08. The van der Waals surface area contributed by atoms with Crippen LogP contribution in [0.1, 0.15) is 58.8 Å². The second-order valence-corrected chi connectivity index (χ2v) is 5.40. The van der Waals surface area contributed by atoms with Crippen molar-refractivity contribution in [1.82, 2.24) is 5.32 Å². The molecular weight excluding hydrogens is 240 g/mol. The molecule has 0 aliphatic carbocycles. The van der Waals surface area contributed by atoms with Crippen LogP contribution in [0.5, 0.6) is 0 Å². The van der Waals surface area contributed by atoms with Crippen LogP contribution in [0.4, 0.5) is 0 Å². The standard InChI is InChI=1S/C15H28N2O2/c1-4-5-6-7-8-9-10-13(15(16)19)17-14(18)11-12(2)3/h4,12-13H,1,5-11H2,2-3H3,(H2,16,19)(H,17,18)/t13-/m1/s1. The summed E-state index contributed by atoms with van der Waals surface area (Å²) in [4.78, 5) is 22.9. The molecule has 0 rings (SSSR count). The fourth-order valence-electron chi connectivity index (χ4n) is 1.90. The Bertz CT molecular complexity index is 288. The number of hydrogen-bond acceptors (Lipinski definition) is 2. The van der Waals surface area contributed by atoms with E-state index in [1.54, 1.807) is 0 Å². The van der Waals surface area contributed by atoms with Crippen molar-refractivity contribution in [3.63, 3.8) is 0 Å². The Morgan fingerprint density at radius 3 is 2.37 bits per heavy atom. The minimum absolute atomic E-state index is 0.0922. The maximum atomic E-state index is 11.6. The zero-order chi connectivity index (χ0) is 14.7. The molecule has 2 amide bonds. The van der Waals surface area contributed by atoms with E-state index in [2.05, 4.69) is 11.9 Å². The summed E-state index contributed by atoms with van der Waals surface area (Å²) in [5, 5.41) is 2.72. The summed E-state index contributed by atoms with van der Waals surface area (Å²) in [5.74, 6) is -0.249. The Morgan fingerprint density at radius 2 is 1.84 bits per heavy atom. The number of amides is 2. The molecule has 0 unspecified atom stereocenters. The van der Waals surface area contributed by atoms with Crippen LogP contribution in [0.2, 0.25) is 0 Å². The van der Waals surface area contributed by atoms with Gasteiger partial charge in [0.25, 0.3) is 0 Å². The normalized spacial score (nSPS) is 12.2. The first-order chi connectivity index (χ1) is 8.97. The summed E-state index contributed by atoms with van der Waals surface area (Å²) >= 11 is 0. The summed E-state index contributed by atoms with van der Waals surface area (Å²) in [7, 11) is 0. The number of primary amides is 1. The maximum Gasteiger partial charge on any atom is 0.239 e. The number of unbranched alkanes of at least 4 members (excludes halogenated alkanes) is 4. The smallest absolute Gasteiger partial charge is 0.239 e. The van der Waals surface area contributed by atoms with E-state index in [1.807, 2.05) is 19.9 Å². The van der Waals surface area contributed by atoms with Gasteiger partial charge in [-0.15, -0.1) is 6.58 Å². The molecule has 0 aromatic rings. The van der Waals surface area contributed by atoms with Gasteiger partial charge in [-0.2, -0.15) is 0 Å². The number of carbonyl (C=O) groups is 2. The number of hydrogen-bond donors (Lipinski definition) is 2. The van der Waals surface area contributed by atoms with E-state index in [0.717, 1.165) is 32.1 Å². The highest BCUT2D eigenvalue weighted by molar-refractivity contribution is 5.86. The molecule has 0 radical (unpaired) electrons. The van der Waals surface area contributed by atoms with E-state index in [-0.39, 0.29) is 11.8 Å². The number of nitrogens with two attached hydrogens (primary N) is 1. The van der Waals surface area contributed by atoms with Gasteiger partial charge in [-0.25, -0.2) is 0 Å². The zero-order valence-electron chi connectivity index (χ0n) is 12.3. The molecular formula is C15H28N2O2. The second kappa shape index (κ2) is 10.6. The highest BCUT2D eigenvalue weighted by atomic mass is 16.2. The lowest BCUT2D eigenvalue weighted by molar-refractivity contribution is -0.128. The van der Waals surface area contributed by atoms with E-state index < -0.39 is 11.9 Å². The van der Waals surface area contributed by atoms with Gasteiger partial charge < -0.3 is 11.1 Å². The highest BCUT2D eigenvalue weighted by Gasteiger charge is 2.17. The molecule has 0 bridgehead atoms. The molecule has 4 heteroatoms. The SMILES string of the molecule is C=CCCCCCC[C@@H](NC(=O)CC(C)C)C(N)=O. The van der Waals surface area contributed by atoms with E-state index in [0.29, 0.717) is 12.8 Å². The van der Waals surface area contributed by atoms with Crippen molar-refractivity contribution in [2.45, 2.75) is 64.8 Å². The van der Waals surface area contributed by atoms with Crippen LogP contribution in [0.3, 0.4) is 0 Å². The van der Waals surface area contributed by atoms with Gasteiger partial charge in [-0.3, -0.25) is 9.59 Å². The van der Waals surface area contributed by atoms with E-state index in [9.17, 15) is 9.59 Å². The van der Waals surface area contributed by atoms with Crippen LogP contribution < -0.4 is 11.1 Å². The van der Waals surface area contributed by atoms with Crippen LogP contribution in [-0.4, -0.2) is 17.9 Å². The van der Waals surface area contributed by atoms with Crippen LogP contribution in [0.15, 0.2) is 12.7 Å². The van der Waals surface area contributed by atoms with Crippen molar-refractivity contribution in [3.8, 4) is 0 Å². The number of allylic oxidation sites excluding steroid dienone is 1. The number of rotatable bonds is 11. The predicted octanol–water partition coefficient (Wildman–Crippen LogP) is 2.53. The van der Waals surface area contributed by atoms with Crippen molar-refractivity contribution in [2.24, 2.45) is 11.7 Å². The molecule has 0 fully saturated rings. The van der Waals surface area contributed by atoms with Crippen molar-refractivity contribution >= 4 is 11.8 Å². The predicted molar refractivity (Wildman–Crippen MR) is 78.5 cm³/mol. The average Bonchev–Trinajstić information content (AvgIpc) is 2.30. The molecule has 4 nitrogen and oxygen atoms in total. The van der Waals surface area contributed by atoms with Crippen molar-refractivity contribution < 1.29 is 9.59 Å². The van der Waals surface area contributed by atoms with Crippen LogP contribution in [-0.2, 0) is 9.59 Å². The van der Waals surface area contributed by atoms with Gasteiger partial charge in [0.1, 0.15) is 6.04 Å². The van der Waals surface area contributed by atoms with E-state index in [4.69, 9.17) is 5.73 Å². The maximum absolute atomic E-state index is 11.6. The van der Waals surface area contributed by atoms with Crippen LogP contribution in [0.25, 0.3) is 0 Å². The van der Waals surface area contributed by atoms with E-state index in [1.165, 1.54) is 0 Å². The summed E-state index contributed by atoms with van der Waals surface area (Å²) in [6.45, 7) is 7.62. The molecule has 0 aliphatic rings. The molecule has 0 aromatic carbocycles. The Hall–Kier alpha value is -1.32. The monoisotopic (exact) mass is 268 g/mol. The van der Waals surface area contributed by atoms with Gasteiger partial charge >= 0.3 is 0 Å². The van der Waals surface area contributed by atoms with Crippen molar-refractivity contribution in [1.29, 1.82) is 0 Å². The van der Waals surface area contributed by atoms with Gasteiger partial charge in [-0.1, -0.05) is 39.2 Å². The third kappa shape index (κ3) is 10.3. The molecule has 19 heavy (non-hydrogen) atoms. The first kappa shape index (κ1) is 17.7. The molecule has 0 aromatic heterocycles. The summed E-state index contributed by atoms with van der Waals surface area (Å²) in [6, 6.07) is -0.523. The third-order valence-electron chi connectivity index (χ3n) is 2.92. The van der Waals surface area contributed by atoms with Crippen LogP contribution >= 0.6 is 0 Å². The summed E-state index contributed by atoms with van der Waals surface area (Å²) in [6.07, 6.45) is 8.23. The van der Waals surface area contributed by atoms with Gasteiger partial charge in [0, 0.05) is 6.42 Å². The van der Waals surface area contributed by atoms with Crippen LogP contribution in [0, 0.1) is 5.92 Å². The lowest BCUT2D eigenvalue weighted by atomic mass is 10.0. The number of nitrogens with one attached hydrogen (secondary N) is 1. The van der Waals surface area contributed by atoms with E-state index >= 15 is 0 Å². The average molecular weight is 268 g/mol. The first-order valence-electron chi connectivity index (χ1n) is 7.17. The second-order valence-electron chi connectivity index (χ2n) is 5.40. The topological polar surface area (TPSA) is 72.2 Å². The Balaban J connectivity index is 3.89. The van der Waals surface area contributed by atoms with Crippen molar-refractivity contribution in [3.05, 3.63) is 12.7 Å². The first-order valence-corrected chi connectivity index (χ1v) is 7.17. The summed E-state index contributed by atoms with van der Waals surface area (Å²) < 4.78 is 0. The number of carbonyl (C=O) groups excluding carboxylic acids is 2. The molecule has 0 saturated heterocycles. The fourth-order valence-corrected chi connectivity index (χ4v) is 1.90. The quantitative estimate of drug-likeness (QED) is 0.446. The lowest BCUT2D eigenvalue weighted by Crippen LogP contribution is -2.44. The Kier molecular flexibility index (Phi) is 9.85. The Morgan fingerprint density at radius 1 is 1.21 bits per heavy atom. The lowest BCUT2D eigenvalue weighted by Gasteiger charge is -2.16. The van der Waals surface area contributed by atoms with Crippen molar-refractivity contribution in [2.75, 3.05) is 0 Å². The molecule has 110 valence electrons. The fraction of sp³-hybridized carbons (Fsp3) is 0.733. The van der Waals surface area contributed by atoms with Gasteiger partial charge in [0.15, 0.2) is 0 Å². The molecule has 0 spiro atoms. The molecule has 0 heterocycles. The molecule has 0 aliphatic heterocycles. The third-order valence-corrected chi connectivity index (χ3v) is 2.92. The molecule has 0 saturated carbocycles.